The number of nitrogens with zero attached hydrogens (tertiary/aromatic N) is 1. The van der Waals surface area contributed by atoms with Crippen molar-refractivity contribution in [3.05, 3.63) is 58.5 Å². The van der Waals surface area contributed by atoms with Crippen molar-refractivity contribution in [3.8, 4) is 0 Å². The minimum Gasteiger partial charge on any atom is -0.383 e. The summed E-state index contributed by atoms with van der Waals surface area (Å²) < 4.78 is 13.2. The lowest BCUT2D eigenvalue weighted by Gasteiger charge is -2.17. The van der Waals surface area contributed by atoms with Crippen LogP contribution in [0.3, 0.4) is 0 Å². The third kappa shape index (κ3) is 3.22. The number of anilines is 1. The lowest BCUT2D eigenvalue weighted by molar-refractivity contribution is 0.586. The molecule has 3 nitrogen and oxygen atoms in total. The summed E-state index contributed by atoms with van der Waals surface area (Å²) in [5.74, 6) is 0.0946. The van der Waals surface area contributed by atoms with Crippen LogP contribution in [0.1, 0.15) is 17.2 Å². The summed E-state index contributed by atoms with van der Waals surface area (Å²) in [5, 5.41) is 3.30. The first kappa shape index (κ1) is 13.8. The zero-order valence-electron chi connectivity index (χ0n) is 10.5. The first-order valence-corrected chi connectivity index (χ1v) is 6.31. The fourth-order valence-electron chi connectivity index (χ4n) is 1.96. The highest BCUT2D eigenvalue weighted by molar-refractivity contribution is 6.30. The Morgan fingerprint density at radius 1 is 1.42 bits per heavy atom. The molecule has 19 heavy (non-hydrogen) atoms. The Balaban J connectivity index is 2.25. The molecule has 1 unspecified atom stereocenters. The molecular weight excluding hydrogens is 265 g/mol. The molecule has 0 aliphatic heterocycles. The van der Waals surface area contributed by atoms with Gasteiger partial charge in [-0.2, -0.15) is 0 Å². The number of hydrogen-bond donors (Lipinski definition) is 2. The normalized spacial score (nSPS) is 12.4. The standard InChI is InChI=1S/C14H15ClFN3/c1-18-13(8-10-3-2-6-19-14(10)17)9-4-5-12(16)11(15)7-9/h2-7,13,18H,8H2,1H3,(H2,17,19). The van der Waals surface area contributed by atoms with Crippen molar-refractivity contribution >= 4 is 17.4 Å². The van der Waals surface area contributed by atoms with E-state index < -0.39 is 5.82 Å². The first-order valence-electron chi connectivity index (χ1n) is 5.93. The van der Waals surface area contributed by atoms with Crippen molar-refractivity contribution in [2.24, 2.45) is 0 Å². The van der Waals surface area contributed by atoms with Crippen LogP contribution in [-0.2, 0) is 6.42 Å². The molecule has 1 heterocycles. The zero-order valence-corrected chi connectivity index (χ0v) is 11.3. The van der Waals surface area contributed by atoms with Gasteiger partial charge in [-0.1, -0.05) is 23.7 Å². The van der Waals surface area contributed by atoms with Crippen molar-refractivity contribution in [3.63, 3.8) is 0 Å². The number of pyridine rings is 1. The van der Waals surface area contributed by atoms with Gasteiger partial charge in [-0.3, -0.25) is 0 Å². The lowest BCUT2D eigenvalue weighted by Crippen LogP contribution is -2.19. The summed E-state index contributed by atoms with van der Waals surface area (Å²) in [7, 11) is 1.84. The van der Waals surface area contributed by atoms with E-state index in [-0.39, 0.29) is 11.1 Å². The van der Waals surface area contributed by atoms with Gasteiger partial charge in [0.2, 0.25) is 0 Å². The van der Waals surface area contributed by atoms with Gasteiger partial charge in [-0.05, 0) is 42.8 Å². The number of halogens is 2. The van der Waals surface area contributed by atoms with Gasteiger partial charge in [0.25, 0.3) is 0 Å². The molecular formula is C14H15ClFN3. The van der Waals surface area contributed by atoms with Crippen LogP contribution in [0.15, 0.2) is 36.5 Å². The Kier molecular flexibility index (Phi) is 4.35. The van der Waals surface area contributed by atoms with Crippen LogP contribution < -0.4 is 11.1 Å². The van der Waals surface area contributed by atoms with Crippen LogP contribution >= 0.6 is 11.6 Å². The maximum Gasteiger partial charge on any atom is 0.141 e. The molecule has 0 aliphatic carbocycles. The Morgan fingerprint density at radius 2 is 2.21 bits per heavy atom. The van der Waals surface area contributed by atoms with Gasteiger partial charge < -0.3 is 11.1 Å². The first-order chi connectivity index (χ1) is 9.11. The van der Waals surface area contributed by atoms with E-state index in [1.165, 1.54) is 6.07 Å². The number of benzene rings is 1. The van der Waals surface area contributed by atoms with Gasteiger partial charge in [0.05, 0.1) is 5.02 Å². The molecule has 0 bridgehead atoms. The van der Waals surface area contributed by atoms with Gasteiger partial charge in [-0.15, -0.1) is 0 Å². The summed E-state index contributed by atoms with van der Waals surface area (Å²) in [5.41, 5.74) is 7.69. The number of nitrogen functional groups attached to an aromatic ring is 1. The summed E-state index contributed by atoms with van der Waals surface area (Å²) >= 11 is 5.81. The van der Waals surface area contributed by atoms with E-state index in [2.05, 4.69) is 10.3 Å². The summed E-state index contributed by atoms with van der Waals surface area (Å²) in [6.07, 6.45) is 2.32. The van der Waals surface area contributed by atoms with E-state index in [4.69, 9.17) is 17.3 Å². The second-order valence-electron chi connectivity index (χ2n) is 4.27. The average Bonchev–Trinajstić information content (AvgIpc) is 2.41. The van der Waals surface area contributed by atoms with Crippen LogP contribution in [-0.4, -0.2) is 12.0 Å². The largest absolute Gasteiger partial charge is 0.383 e. The number of rotatable bonds is 4. The number of nitrogens with one attached hydrogen (secondary N) is 1. The predicted octanol–water partition coefficient (Wildman–Crippen LogP) is 2.96. The fourth-order valence-corrected chi connectivity index (χ4v) is 2.15. The maximum absolute atomic E-state index is 13.2. The average molecular weight is 280 g/mol. The van der Waals surface area contributed by atoms with Crippen LogP contribution in [0, 0.1) is 5.82 Å². The highest BCUT2D eigenvalue weighted by Gasteiger charge is 2.13. The summed E-state index contributed by atoms with van der Waals surface area (Å²) in [6, 6.07) is 8.49. The van der Waals surface area contributed by atoms with E-state index in [9.17, 15) is 4.39 Å². The SMILES string of the molecule is CNC(Cc1cccnc1N)c1ccc(F)c(Cl)c1. The zero-order chi connectivity index (χ0) is 13.8. The van der Waals surface area contributed by atoms with Crippen molar-refractivity contribution in [1.82, 2.24) is 10.3 Å². The predicted molar refractivity (Wildman–Crippen MR) is 75.6 cm³/mol. The molecule has 0 saturated heterocycles. The highest BCUT2D eigenvalue weighted by atomic mass is 35.5. The van der Waals surface area contributed by atoms with Crippen LogP contribution in [0.4, 0.5) is 10.2 Å². The minimum absolute atomic E-state index is 0.00426. The van der Waals surface area contributed by atoms with Gasteiger partial charge in [0.1, 0.15) is 11.6 Å². The Morgan fingerprint density at radius 3 is 2.84 bits per heavy atom. The molecule has 100 valence electrons. The van der Waals surface area contributed by atoms with E-state index in [0.29, 0.717) is 12.2 Å². The van der Waals surface area contributed by atoms with Crippen LogP contribution in [0.2, 0.25) is 5.02 Å². The quantitative estimate of drug-likeness (QED) is 0.905. The number of hydrogen-bond acceptors (Lipinski definition) is 3. The van der Waals surface area contributed by atoms with E-state index in [1.54, 1.807) is 18.3 Å². The number of likely N-dealkylation sites (N-methyl/N-ethyl adjacent to an activating group) is 1. The van der Waals surface area contributed by atoms with Gasteiger partial charge in [0.15, 0.2) is 0 Å². The monoisotopic (exact) mass is 279 g/mol. The fraction of sp³-hybridized carbons (Fsp3) is 0.214. The lowest BCUT2D eigenvalue weighted by atomic mass is 9.99. The Labute approximate surface area is 116 Å². The molecule has 0 amide bonds. The van der Waals surface area contributed by atoms with Gasteiger partial charge >= 0.3 is 0 Å². The van der Waals surface area contributed by atoms with Crippen molar-refractivity contribution < 1.29 is 4.39 Å². The molecule has 1 aromatic carbocycles. The number of nitrogens with two attached hydrogens (primary N) is 1. The second kappa shape index (κ2) is 5.99. The molecule has 1 atom stereocenters. The molecule has 1 aromatic heterocycles. The van der Waals surface area contributed by atoms with Crippen LogP contribution in [0.5, 0.6) is 0 Å². The van der Waals surface area contributed by atoms with Crippen LogP contribution in [0.25, 0.3) is 0 Å². The third-order valence-corrected chi connectivity index (χ3v) is 3.33. The van der Waals surface area contributed by atoms with E-state index >= 15 is 0 Å². The van der Waals surface area contributed by atoms with E-state index in [1.807, 2.05) is 19.2 Å². The summed E-state index contributed by atoms with van der Waals surface area (Å²) in [4.78, 5) is 4.06. The molecule has 3 N–H and O–H groups in total. The molecule has 0 spiro atoms. The van der Waals surface area contributed by atoms with Gasteiger partial charge in [0, 0.05) is 12.2 Å². The third-order valence-electron chi connectivity index (χ3n) is 3.04. The van der Waals surface area contributed by atoms with Crippen molar-refractivity contribution in [2.75, 3.05) is 12.8 Å². The topological polar surface area (TPSA) is 50.9 Å². The summed E-state index contributed by atoms with van der Waals surface area (Å²) in [6.45, 7) is 0. The smallest absolute Gasteiger partial charge is 0.141 e. The second-order valence-corrected chi connectivity index (χ2v) is 4.67. The van der Waals surface area contributed by atoms with Crippen molar-refractivity contribution in [2.45, 2.75) is 12.5 Å². The molecule has 0 aliphatic rings. The Bertz CT molecular complexity index is 574. The molecule has 0 fully saturated rings. The highest BCUT2D eigenvalue weighted by Crippen LogP contribution is 2.24. The van der Waals surface area contributed by atoms with Crippen molar-refractivity contribution in [1.29, 1.82) is 0 Å². The number of aromatic nitrogens is 1. The maximum atomic E-state index is 13.2. The molecule has 2 aromatic rings. The van der Waals surface area contributed by atoms with E-state index in [0.717, 1.165) is 11.1 Å². The molecule has 0 saturated carbocycles. The molecule has 2 rings (SSSR count). The molecule has 5 heteroatoms. The minimum atomic E-state index is -0.416. The molecule has 0 radical (unpaired) electrons. The Hall–Kier alpha value is -1.65. The van der Waals surface area contributed by atoms with Gasteiger partial charge in [-0.25, -0.2) is 9.37 Å².